The van der Waals surface area contributed by atoms with Crippen molar-refractivity contribution < 1.29 is 79.8 Å². The van der Waals surface area contributed by atoms with Crippen LogP contribution in [0, 0.1) is 0 Å². The number of fused-ring (bicyclic) bond motifs is 1. The molecule has 72 heavy (non-hydrogen) atoms. The van der Waals surface area contributed by atoms with Gasteiger partial charge in [0.2, 0.25) is 5.91 Å². The molecule has 5 N–H and O–H groups in total. The second kappa shape index (κ2) is 26.6. The molecule has 4 heterocycles. The minimum absolute atomic E-state index is 0.00974. The van der Waals surface area contributed by atoms with E-state index >= 15 is 0 Å². The number of thiazole rings is 1. The highest BCUT2D eigenvalue weighted by molar-refractivity contribution is 7.09. The number of morpholine rings is 1. The van der Waals surface area contributed by atoms with E-state index in [1.54, 1.807) is 17.4 Å². The van der Waals surface area contributed by atoms with Gasteiger partial charge >= 0.3 is 24.3 Å². The number of nitrogens with one attached hydrogen (secondary N) is 2. The van der Waals surface area contributed by atoms with Gasteiger partial charge in [0.25, 0.3) is 11.8 Å². The number of ether oxygens (including phenoxy) is 3. The summed E-state index contributed by atoms with van der Waals surface area (Å²) >= 11 is 8.31. The van der Waals surface area contributed by atoms with Crippen LogP contribution in [-0.2, 0) is 54.5 Å². The van der Waals surface area contributed by atoms with Crippen LogP contribution in [0.1, 0.15) is 84.1 Å². The van der Waals surface area contributed by atoms with Crippen LogP contribution in [-0.4, -0.2) is 161 Å². The maximum atomic E-state index is 13.4. The van der Waals surface area contributed by atoms with Crippen LogP contribution in [0.15, 0.2) is 35.7 Å². The molecular weight excluding hydrogens is 1010 g/mol. The van der Waals surface area contributed by atoms with Crippen LogP contribution in [0.3, 0.4) is 0 Å². The van der Waals surface area contributed by atoms with E-state index < -0.39 is 24.3 Å². The van der Waals surface area contributed by atoms with Crippen LogP contribution in [0.2, 0.25) is 5.02 Å². The highest BCUT2D eigenvalue weighted by atomic mass is 35.5. The summed E-state index contributed by atoms with van der Waals surface area (Å²) in [5.41, 5.74) is 3.67. The summed E-state index contributed by atoms with van der Waals surface area (Å²) in [4.78, 5) is 67.0. The molecule has 0 unspecified atom stereocenters. The van der Waals surface area contributed by atoms with Gasteiger partial charge in [0.15, 0.2) is 12.4 Å². The Balaban J connectivity index is 0.000000602. The highest BCUT2D eigenvalue weighted by Gasteiger charge is 2.42. The number of carbonyl (C=O) groups is 5. The summed E-state index contributed by atoms with van der Waals surface area (Å²) in [7, 11) is 0. The molecule has 0 bridgehead atoms. The maximum absolute atomic E-state index is 13.4. The van der Waals surface area contributed by atoms with E-state index in [9.17, 15) is 45.8 Å². The van der Waals surface area contributed by atoms with Crippen molar-refractivity contribution in [1.82, 2.24) is 25.0 Å². The maximum Gasteiger partial charge on any atom is 0.490 e. The molecule has 3 fully saturated rings. The number of phenols is 1. The first-order valence-corrected chi connectivity index (χ1v) is 24.7. The molecule has 25 heteroatoms. The normalized spacial score (nSPS) is 16.9. The average Bonchev–Trinajstić information content (AvgIpc) is 4.06. The Kier molecular flexibility index (Phi) is 21.3. The Bertz CT molecular complexity index is 2300. The first kappa shape index (κ1) is 57.6. The zero-order valence-corrected chi connectivity index (χ0v) is 41.1. The molecular formula is C47H59ClF6N6O11S. The number of aromatic nitrogens is 1. The first-order chi connectivity index (χ1) is 34.1. The minimum atomic E-state index is -5.08. The molecule has 1 saturated carbocycles. The van der Waals surface area contributed by atoms with Gasteiger partial charge in [-0.15, -0.1) is 11.3 Å². The molecule has 3 amide bonds. The van der Waals surface area contributed by atoms with E-state index in [1.165, 1.54) is 0 Å². The van der Waals surface area contributed by atoms with Crippen molar-refractivity contribution >= 4 is 58.3 Å². The number of aliphatic carboxylic acids is 2. The molecule has 2 saturated heterocycles. The molecule has 3 aromatic rings. The van der Waals surface area contributed by atoms with Gasteiger partial charge in [-0.1, -0.05) is 49.6 Å². The van der Waals surface area contributed by atoms with Crippen LogP contribution >= 0.6 is 22.9 Å². The van der Waals surface area contributed by atoms with Gasteiger partial charge < -0.3 is 50.0 Å². The van der Waals surface area contributed by atoms with Crippen molar-refractivity contribution in [1.29, 1.82) is 0 Å². The number of hydrogen-bond donors (Lipinski definition) is 5. The third-order valence-corrected chi connectivity index (χ3v) is 13.7. The number of carboxylic acids is 2. The van der Waals surface area contributed by atoms with Crippen LogP contribution in [0.25, 0.3) is 0 Å². The lowest BCUT2D eigenvalue weighted by molar-refractivity contribution is -0.193. The van der Waals surface area contributed by atoms with Crippen molar-refractivity contribution in [2.24, 2.45) is 0 Å². The topological polar surface area (TPSA) is 220 Å². The minimum Gasteiger partial charge on any atom is -0.506 e. The Morgan fingerprint density at radius 2 is 1.64 bits per heavy atom. The largest absolute Gasteiger partial charge is 0.506 e. The predicted molar refractivity (Wildman–Crippen MR) is 251 cm³/mol. The molecule has 398 valence electrons. The van der Waals surface area contributed by atoms with Crippen molar-refractivity contribution in [3.8, 4) is 11.5 Å². The third-order valence-electron chi connectivity index (χ3n) is 12.4. The fourth-order valence-corrected chi connectivity index (χ4v) is 9.61. The second-order valence-electron chi connectivity index (χ2n) is 17.5. The molecule has 17 nitrogen and oxygen atoms in total. The Hall–Kier alpha value is -5.27. The number of likely N-dealkylation sites (tertiary alicyclic amines) is 1. The standard InChI is InChI=1S/C43H57ClN6O7S.2C2HF3O2/c1-2-38-46-35(28-58-38)42(54)49-21-24-57-43(29-49)14-18-48(19-15-43)26-30-7-8-31(34(44)25-30)12-22-55-23-13-39(53)50(33-5-3-4-6-33)20-17-45-16-11-32-9-10-36(51)40-41(32)56-27-37(52)47-40;2*3-2(4,5)1(6)7/h7-10,25,28,33,45,51H,2-6,11-24,26-27,29H2,1H3,(H,47,52);2*(H,6,7). The summed E-state index contributed by atoms with van der Waals surface area (Å²) in [6, 6.07) is 9.94. The van der Waals surface area contributed by atoms with E-state index in [4.69, 9.17) is 45.6 Å². The van der Waals surface area contributed by atoms with Crippen molar-refractivity contribution in [3.63, 3.8) is 0 Å². The lowest BCUT2D eigenvalue weighted by Crippen LogP contribution is -2.58. The predicted octanol–water partition coefficient (Wildman–Crippen LogP) is 6.72. The molecule has 1 aromatic heterocycles. The number of nitrogens with zero attached hydrogens (tertiary/aromatic N) is 4. The molecule has 2 aromatic carbocycles. The highest BCUT2D eigenvalue weighted by Crippen LogP contribution is 2.39. The van der Waals surface area contributed by atoms with Gasteiger partial charge in [-0.2, -0.15) is 26.3 Å². The summed E-state index contributed by atoms with van der Waals surface area (Å²) < 4.78 is 81.4. The number of aryl methyl sites for hydroxylation is 1. The second-order valence-corrected chi connectivity index (χ2v) is 18.8. The Morgan fingerprint density at radius 3 is 2.26 bits per heavy atom. The summed E-state index contributed by atoms with van der Waals surface area (Å²) in [6.07, 6.45) is -1.56. The molecule has 3 aliphatic heterocycles. The number of benzene rings is 2. The van der Waals surface area contributed by atoms with Gasteiger partial charge in [-0.05, 0) is 80.3 Å². The van der Waals surface area contributed by atoms with Crippen LogP contribution in [0.5, 0.6) is 11.5 Å². The molecule has 1 aliphatic carbocycles. The zero-order valence-electron chi connectivity index (χ0n) is 39.5. The number of rotatable bonds is 17. The van der Waals surface area contributed by atoms with Gasteiger partial charge in [0.05, 0.1) is 43.4 Å². The van der Waals surface area contributed by atoms with E-state index in [-0.39, 0.29) is 41.7 Å². The quantitative estimate of drug-likeness (QED) is 0.0539. The number of hydrogen-bond acceptors (Lipinski definition) is 13. The fraction of sp³-hybridized carbons (Fsp3) is 0.574. The lowest BCUT2D eigenvalue weighted by Gasteiger charge is -2.47. The summed E-state index contributed by atoms with van der Waals surface area (Å²) in [5, 5.41) is 34.1. The molecule has 0 atom stereocenters. The van der Waals surface area contributed by atoms with Gasteiger partial charge in [-0.25, -0.2) is 14.6 Å². The average molecular weight is 1070 g/mol. The van der Waals surface area contributed by atoms with E-state index in [2.05, 4.69) is 45.6 Å². The van der Waals surface area contributed by atoms with E-state index in [1.807, 2.05) is 21.2 Å². The number of amides is 3. The lowest BCUT2D eigenvalue weighted by atomic mass is 9.89. The summed E-state index contributed by atoms with van der Waals surface area (Å²) in [6.45, 7) is 9.15. The fourth-order valence-electron chi connectivity index (χ4n) is 8.60. The van der Waals surface area contributed by atoms with Gasteiger partial charge in [0.1, 0.15) is 17.1 Å². The molecule has 4 aliphatic rings. The van der Waals surface area contributed by atoms with E-state index in [0.29, 0.717) is 88.9 Å². The molecule has 7 rings (SSSR count). The Morgan fingerprint density at radius 1 is 0.972 bits per heavy atom. The number of carbonyl (C=O) groups excluding carboxylic acids is 3. The smallest absolute Gasteiger partial charge is 0.490 e. The number of carboxylic acid groups (broad SMARTS) is 2. The molecule has 0 radical (unpaired) electrons. The van der Waals surface area contributed by atoms with Gasteiger partial charge in [-0.3, -0.25) is 19.3 Å². The number of phenolic OH excluding ortho intramolecular Hbond substituents is 1. The first-order valence-electron chi connectivity index (χ1n) is 23.4. The zero-order chi connectivity index (χ0) is 52.6. The van der Waals surface area contributed by atoms with Crippen molar-refractivity contribution in [3.05, 3.63) is 68.1 Å². The number of piperidine rings is 1. The number of aromatic hydroxyl groups is 1. The van der Waals surface area contributed by atoms with Crippen LogP contribution in [0.4, 0.5) is 32.0 Å². The SMILES string of the molecule is CCc1nc(C(=O)N2CCOC3(CCN(Cc4ccc(CCOCCC(=O)N(CCNCCc5ccc(O)c6c5OCC(=O)N6)C5CCCC5)c(Cl)c4)CC3)C2)cs1.O=C(O)C(F)(F)F.O=C(O)C(F)(F)F. The van der Waals surface area contributed by atoms with Crippen LogP contribution < -0.4 is 15.4 Å². The monoisotopic (exact) mass is 1060 g/mol. The van der Waals surface area contributed by atoms with E-state index in [0.717, 1.165) is 91.3 Å². The number of anilines is 1. The summed E-state index contributed by atoms with van der Waals surface area (Å²) in [5.74, 6) is -5.16. The molecule has 1 spiro atoms. The van der Waals surface area contributed by atoms with Crippen molar-refractivity contribution in [2.45, 2.75) is 102 Å². The van der Waals surface area contributed by atoms with Crippen molar-refractivity contribution in [2.75, 3.05) is 77.6 Å². The third kappa shape index (κ3) is 17.2. The number of halogens is 7. The number of alkyl halides is 6. The van der Waals surface area contributed by atoms with Gasteiger partial charge in [0, 0.05) is 55.7 Å². The Labute approximate surface area is 420 Å².